The SMILES string of the molecule is CC(=O)c1ccc2c(ccc3ccccc32)c1.CCO.NNc1ccc(S(N)(=O)=O)cc1.NS(=O)(=O)c1ccc(-n2nc(C(F)(F)F)cc2-c2ccc3c(ccc4ccccc43)c2)cc1.O=C(/C=C(\O)c1ccc2c(ccc3ccccc32)c1)C(F)(F)F. The summed E-state index contributed by atoms with van der Waals surface area (Å²) in [6.07, 6.45) is -9.45. The molecule has 0 saturated heterocycles. The number of hydrogen-bond acceptors (Lipinski definition) is 11. The number of carbonyl (C=O) groups excluding carboxylic acids is 2. The van der Waals surface area contributed by atoms with Gasteiger partial charge in [-0.2, -0.15) is 31.4 Å². The van der Waals surface area contributed by atoms with E-state index in [0.717, 1.165) is 64.8 Å². The van der Waals surface area contributed by atoms with Crippen LogP contribution in [0.15, 0.2) is 234 Å². The lowest BCUT2D eigenvalue weighted by Crippen LogP contribution is -2.20. The minimum Gasteiger partial charge on any atom is -0.507 e. The Kier molecular flexibility index (Phi) is 19.6. The number of nitrogens with one attached hydrogen (secondary N) is 1. The summed E-state index contributed by atoms with van der Waals surface area (Å²) in [5, 5.41) is 43.6. The number of aliphatic hydroxyl groups is 2. The first-order valence-corrected chi connectivity index (χ1v) is 29.6. The second kappa shape index (κ2) is 26.8. The number of carbonyl (C=O) groups is 2. The maximum atomic E-state index is 13.5. The number of fused-ring (bicyclic) bond motifs is 9. The summed E-state index contributed by atoms with van der Waals surface area (Å²) in [5.74, 6) is 2.39. The topological polar surface area (TPSA) is 251 Å². The molecule has 9 N–H and O–H groups in total. The van der Waals surface area contributed by atoms with Gasteiger partial charge in [-0.25, -0.2) is 31.8 Å². The lowest BCUT2D eigenvalue weighted by molar-refractivity contribution is -0.165. The Morgan fingerprint density at radius 3 is 1.34 bits per heavy atom. The first kappa shape index (κ1) is 64.2. The highest BCUT2D eigenvalue weighted by atomic mass is 32.2. The molecule has 0 aliphatic carbocycles. The third-order valence-corrected chi connectivity index (χ3v) is 15.4. The number of hydrogen-bond donors (Lipinski definition) is 6. The van der Waals surface area contributed by atoms with Gasteiger partial charge in [0.25, 0.3) is 5.78 Å². The van der Waals surface area contributed by atoms with Crippen LogP contribution in [-0.2, 0) is 31.0 Å². The summed E-state index contributed by atoms with van der Waals surface area (Å²) in [4.78, 5) is 22.2. The number of nitrogens with two attached hydrogens (primary N) is 3. The van der Waals surface area contributed by atoms with Crippen LogP contribution in [0.4, 0.5) is 32.0 Å². The van der Waals surface area contributed by atoms with E-state index in [1.165, 1.54) is 70.8 Å². The van der Waals surface area contributed by atoms with Crippen molar-refractivity contribution in [2.75, 3.05) is 12.0 Å². The van der Waals surface area contributed by atoms with Crippen LogP contribution in [0.3, 0.4) is 0 Å². The number of sulfonamides is 2. The molecule has 0 spiro atoms. The van der Waals surface area contributed by atoms with Gasteiger partial charge in [-0.15, -0.1) is 0 Å². The van der Waals surface area contributed by atoms with Crippen LogP contribution in [-0.4, -0.2) is 61.2 Å². The second-order valence-electron chi connectivity index (χ2n) is 19.5. The number of rotatable bonds is 8. The van der Waals surface area contributed by atoms with Crippen LogP contribution in [0.5, 0.6) is 0 Å². The fraction of sp³-hybridized carbons (Fsp3) is 0.0758. The van der Waals surface area contributed by atoms with Crippen molar-refractivity contribution in [3.63, 3.8) is 0 Å². The fourth-order valence-electron chi connectivity index (χ4n) is 9.31. The van der Waals surface area contributed by atoms with Crippen LogP contribution < -0.4 is 21.5 Å². The van der Waals surface area contributed by atoms with E-state index in [0.29, 0.717) is 11.3 Å². The highest BCUT2D eigenvalue weighted by molar-refractivity contribution is 7.89. The Morgan fingerprint density at radius 1 is 0.534 bits per heavy atom. The number of nitrogens with zero attached hydrogens (tertiary/aromatic N) is 2. The van der Waals surface area contributed by atoms with Gasteiger partial charge in [0.1, 0.15) is 5.76 Å². The predicted octanol–water partition coefficient (Wildman–Crippen LogP) is 14.3. The number of ketones is 2. The van der Waals surface area contributed by atoms with E-state index in [9.17, 15) is 57.9 Å². The third-order valence-electron chi connectivity index (χ3n) is 13.5. The number of nitrogen functional groups attached to an aromatic ring is 1. The summed E-state index contributed by atoms with van der Waals surface area (Å²) in [6, 6.07) is 63.8. The summed E-state index contributed by atoms with van der Waals surface area (Å²) in [7, 11) is -7.53. The molecule has 0 atom stereocenters. The molecule has 0 fully saturated rings. The molecule has 0 saturated carbocycles. The van der Waals surface area contributed by atoms with E-state index in [-0.39, 0.29) is 45.2 Å². The van der Waals surface area contributed by atoms with Crippen LogP contribution in [0.1, 0.15) is 35.5 Å². The van der Waals surface area contributed by atoms with E-state index >= 15 is 0 Å². The van der Waals surface area contributed by atoms with Crippen molar-refractivity contribution in [1.82, 2.24) is 9.78 Å². The first-order valence-electron chi connectivity index (χ1n) is 26.5. The molecule has 11 aromatic carbocycles. The summed E-state index contributed by atoms with van der Waals surface area (Å²) < 4.78 is 123. The molecule has 0 radical (unpaired) electrons. The molecule has 450 valence electrons. The smallest absolute Gasteiger partial charge is 0.454 e. The Balaban J connectivity index is 0.000000159. The lowest BCUT2D eigenvalue weighted by atomic mass is 9.99. The predicted molar refractivity (Wildman–Crippen MR) is 333 cm³/mol. The van der Waals surface area contributed by atoms with Crippen LogP contribution in [0.25, 0.3) is 87.3 Å². The fourth-order valence-corrected chi connectivity index (χ4v) is 10.3. The molecule has 1 aromatic heterocycles. The molecule has 22 heteroatoms. The van der Waals surface area contributed by atoms with E-state index < -0.39 is 49.6 Å². The van der Waals surface area contributed by atoms with Gasteiger partial charge in [0.15, 0.2) is 11.5 Å². The number of halogens is 6. The van der Waals surface area contributed by atoms with Gasteiger partial charge < -0.3 is 15.6 Å². The summed E-state index contributed by atoms with van der Waals surface area (Å²) in [6.45, 7) is 3.53. The summed E-state index contributed by atoms with van der Waals surface area (Å²) >= 11 is 0. The van der Waals surface area contributed by atoms with Crippen molar-refractivity contribution in [1.29, 1.82) is 0 Å². The standard InChI is InChI=1S/C24H16F3N3O2S.C18H11F3O2.C16H12O.C6H9N3O2S.C2H6O/c25-24(26,27)23-14-22(30(29-23)18-8-10-19(11-9-18)33(28,31)32)17-7-12-21-16(13-17)6-5-15-3-1-2-4-20(15)21;19-18(20,21)17(23)10-16(22)13-7-8-15-12(9-13)6-5-11-3-1-2-4-14(11)15;1-11(17)13-8-9-16-14(10-13)7-6-12-4-2-3-5-15(12)16;7-9-5-1-3-6(4-2-5)12(8,10)11;1-2-3/h1-14H,(H2,28,31,32);1-10,22H;2-10H,1H3;1-4,9H,7H2,(H2,8,10,11);3H,2H2,1H3/b;16-10-;;;. The average molecular weight is 1240 g/mol. The van der Waals surface area contributed by atoms with Gasteiger partial charge in [-0.3, -0.25) is 15.4 Å². The Hall–Kier alpha value is -9.81. The Bertz CT molecular complexity index is 4830. The Labute approximate surface area is 500 Å². The van der Waals surface area contributed by atoms with Gasteiger partial charge in [0.2, 0.25) is 20.0 Å². The van der Waals surface area contributed by atoms with E-state index in [2.05, 4.69) is 34.8 Å². The normalized spacial score (nSPS) is 11.8. The van der Waals surface area contributed by atoms with Crippen LogP contribution in [0.2, 0.25) is 0 Å². The van der Waals surface area contributed by atoms with E-state index in [1.54, 1.807) is 32.0 Å². The zero-order chi connectivity index (χ0) is 63.7. The highest BCUT2D eigenvalue weighted by Crippen LogP contribution is 2.36. The maximum Gasteiger partial charge on any atom is 0.454 e. The van der Waals surface area contributed by atoms with Crippen molar-refractivity contribution in [3.8, 4) is 16.9 Å². The molecular formula is C66H54F6N6O8S2. The average Bonchev–Trinajstić information content (AvgIpc) is 1.49. The molecular weight excluding hydrogens is 1180 g/mol. The highest BCUT2D eigenvalue weighted by Gasteiger charge is 2.37. The number of allylic oxidation sites excluding steroid dienone is 1. The molecule has 12 aromatic rings. The van der Waals surface area contributed by atoms with Crippen molar-refractivity contribution in [3.05, 3.63) is 241 Å². The number of anilines is 1. The zero-order valence-corrected chi connectivity index (χ0v) is 48.3. The Morgan fingerprint density at radius 2 is 0.920 bits per heavy atom. The molecule has 0 unspecified atom stereocenters. The summed E-state index contributed by atoms with van der Waals surface area (Å²) in [5.41, 5.74) is 3.91. The quantitative estimate of drug-likeness (QED) is 0.0159. The monoisotopic (exact) mass is 1240 g/mol. The first-order chi connectivity index (χ1) is 41.7. The number of benzene rings is 11. The second-order valence-corrected chi connectivity index (χ2v) is 22.6. The van der Waals surface area contributed by atoms with Crippen molar-refractivity contribution < 1.29 is 63.0 Å². The van der Waals surface area contributed by atoms with Gasteiger partial charge >= 0.3 is 12.4 Å². The van der Waals surface area contributed by atoms with Crippen molar-refractivity contribution in [2.24, 2.45) is 16.1 Å². The molecule has 0 amide bonds. The van der Waals surface area contributed by atoms with Gasteiger partial charge in [0.05, 0.1) is 21.2 Å². The van der Waals surface area contributed by atoms with Crippen LogP contribution >= 0.6 is 0 Å². The molecule has 12 rings (SSSR count). The molecule has 1 heterocycles. The maximum absolute atomic E-state index is 13.5. The van der Waals surface area contributed by atoms with E-state index in [1.807, 2.05) is 115 Å². The largest absolute Gasteiger partial charge is 0.507 e. The third kappa shape index (κ3) is 15.4. The molecule has 0 bridgehead atoms. The van der Waals surface area contributed by atoms with Gasteiger partial charge in [-0.05, 0) is 151 Å². The number of alkyl halides is 6. The van der Waals surface area contributed by atoms with Crippen molar-refractivity contribution in [2.45, 2.75) is 36.0 Å². The number of primary sulfonamides is 2. The van der Waals surface area contributed by atoms with E-state index in [4.69, 9.17) is 21.2 Å². The minimum atomic E-state index is -5.00. The number of aromatic nitrogens is 2. The molecule has 0 aliphatic rings. The van der Waals surface area contributed by atoms with Gasteiger partial charge in [0, 0.05) is 35.1 Å². The van der Waals surface area contributed by atoms with Gasteiger partial charge in [-0.1, -0.05) is 146 Å². The molecule has 88 heavy (non-hydrogen) atoms. The molecule has 14 nitrogen and oxygen atoms in total. The number of hydrazine groups is 1. The van der Waals surface area contributed by atoms with Crippen LogP contribution in [0, 0.1) is 0 Å². The zero-order valence-electron chi connectivity index (χ0n) is 46.6. The minimum absolute atomic E-state index is 0.0708. The van der Waals surface area contributed by atoms with Crippen molar-refractivity contribution >= 4 is 108 Å². The lowest BCUT2D eigenvalue weighted by Gasteiger charge is -2.10. The number of Topliss-reactive ketones (excluding diaryl/α,β-unsaturated/α-hetero) is 1. The molecule has 0 aliphatic heterocycles. The number of aliphatic hydroxyl groups excluding tert-OH is 2.